The molecule has 1 rings (SSSR count). The molecule has 1 atom stereocenters. The molecule has 0 heterocycles. The summed E-state index contributed by atoms with van der Waals surface area (Å²) >= 11 is 0. The fraction of sp³-hybridized carbons (Fsp3) is 0.900. The molecule has 0 bridgehead atoms. The van der Waals surface area contributed by atoms with E-state index in [1.54, 1.807) is 0 Å². The van der Waals surface area contributed by atoms with Crippen molar-refractivity contribution in [3.05, 3.63) is 12.2 Å². The second-order valence-electron chi connectivity index (χ2n) is 6.88. The van der Waals surface area contributed by atoms with Gasteiger partial charge in [0, 0.05) is 0 Å². The zero-order chi connectivity index (χ0) is 15.0. The summed E-state index contributed by atoms with van der Waals surface area (Å²) in [5.41, 5.74) is 0. The van der Waals surface area contributed by atoms with Crippen LogP contribution in [0.25, 0.3) is 0 Å². The summed E-state index contributed by atoms with van der Waals surface area (Å²) in [4.78, 5) is 0. The van der Waals surface area contributed by atoms with Crippen molar-refractivity contribution in [1.82, 2.24) is 0 Å². The maximum atomic E-state index is 9.88. The Morgan fingerprint density at radius 3 is 1.38 bits per heavy atom. The van der Waals surface area contributed by atoms with Gasteiger partial charge in [0.1, 0.15) is 0 Å². The van der Waals surface area contributed by atoms with Crippen LogP contribution in [0.15, 0.2) is 12.2 Å². The summed E-state index contributed by atoms with van der Waals surface area (Å²) < 4.78 is 0. The van der Waals surface area contributed by atoms with Gasteiger partial charge in [0.25, 0.3) is 0 Å². The molecule has 1 unspecified atom stereocenters. The van der Waals surface area contributed by atoms with Gasteiger partial charge in [-0.25, -0.2) is 0 Å². The van der Waals surface area contributed by atoms with E-state index in [0.717, 1.165) is 12.8 Å². The van der Waals surface area contributed by atoms with E-state index >= 15 is 0 Å². The Kier molecular flexibility index (Phi) is 13.1. The van der Waals surface area contributed by atoms with Crippen LogP contribution < -0.4 is 0 Å². The highest BCUT2D eigenvalue weighted by Gasteiger charge is 1.99. The van der Waals surface area contributed by atoms with Crippen molar-refractivity contribution >= 4 is 0 Å². The van der Waals surface area contributed by atoms with E-state index in [4.69, 9.17) is 0 Å². The van der Waals surface area contributed by atoms with Gasteiger partial charge in [0.15, 0.2) is 0 Å². The zero-order valence-corrected chi connectivity index (χ0v) is 14.2. The molecule has 0 radical (unpaired) electrons. The monoisotopic (exact) mass is 294 g/mol. The molecule has 0 aromatic rings. The highest BCUT2D eigenvalue weighted by atomic mass is 16.3. The van der Waals surface area contributed by atoms with E-state index in [1.807, 2.05) is 6.08 Å². The Balaban J connectivity index is 2.14. The fourth-order valence-electron chi connectivity index (χ4n) is 3.26. The average molecular weight is 295 g/mol. The number of aliphatic hydroxyl groups is 1. The first-order valence-electron chi connectivity index (χ1n) is 9.74. The third-order valence-corrected chi connectivity index (χ3v) is 4.73. The summed E-state index contributed by atoms with van der Waals surface area (Å²) in [6.45, 7) is 0. The van der Waals surface area contributed by atoms with Crippen molar-refractivity contribution in [2.24, 2.45) is 0 Å². The van der Waals surface area contributed by atoms with Gasteiger partial charge in [-0.15, -0.1) is 0 Å². The van der Waals surface area contributed by atoms with Crippen molar-refractivity contribution in [2.45, 2.75) is 115 Å². The van der Waals surface area contributed by atoms with Crippen molar-refractivity contribution < 1.29 is 5.11 Å². The Morgan fingerprint density at radius 1 is 0.524 bits per heavy atom. The molecular formula is C20H38O. The van der Waals surface area contributed by atoms with Crippen LogP contribution in [0.4, 0.5) is 0 Å². The van der Waals surface area contributed by atoms with Crippen molar-refractivity contribution in [3.8, 4) is 0 Å². The number of rotatable bonds is 0. The van der Waals surface area contributed by atoms with Crippen molar-refractivity contribution in [1.29, 1.82) is 0 Å². The topological polar surface area (TPSA) is 20.2 Å². The standard InChI is InChI=1S/C20H38O/c21-20-18-16-14-12-10-8-6-4-2-1-3-5-7-9-11-13-15-17-19-20/h16,18,20-21H,1-15,17,19H2/b18-16+. The molecule has 1 aliphatic rings. The lowest BCUT2D eigenvalue weighted by Gasteiger charge is -2.06. The summed E-state index contributed by atoms with van der Waals surface area (Å²) in [6, 6.07) is 0. The summed E-state index contributed by atoms with van der Waals surface area (Å²) in [5.74, 6) is 0. The molecular weight excluding hydrogens is 256 g/mol. The highest BCUT2D eigenvalue weighted by molar-refractivity contribution is 4.88. The first kappa shape index (κ1) is 18.7. The summed E-state index contributed by atoms with van der Waals surface area (Å²) in [5, 5.41) is 9.88. The minimum Gasteiger partial charge on any atom is -0.389 e. The first-order chi connectivity index (χ1) is 10.4. The normalized spacial score (nSPS) is 27.8. The molecule has 21 heavy (non-hydrogen) atoms. The molecule has 0 aromatic carbocycles. The van der Waals surface area contributed by atoms with Crippen LogP contribution in [-0.2, 0) is 0 Å². The Hall–Kier alpha value is -0.300. The lowest BCUT2D eigenvalue weighted by Crippen LogP contribution is -2.01. The van der Waals surface area contributed by atoms with E-state index in [0.29, 0.717) is 0 Å². The third kappa shape index (κ3) is 13.1. The minimum absolute atomic E-state index is 0.199. The molecule has 0 saturated heterocycles. The number of aliphatic hydroxyl groups excluding tert-OH is 1. The quantitative estimate of drug-likeness (QED) is 0.502. The molecule has 0 fully saturated rings. The SMILES string of the molecule is OC1/C=C/CCCCCCCCCCCCCCCCC1. The zero-order valence-electron chi connectivity index (χ0n) is 14.2. The van der Waals surface area contributed by atoms with Crippen LogP contribution in [0.1, 0.15) is 109 Å². The van der Waals surface area contributed by atoms with Crippen LogP contribution in [0.3, 0.4) is 0 Å². The second kappa shape index (κ2) is 14.6. The smallest absolute Gasteiger partial charge is 0.0720 e. The molecule has 0 amide bonds. The van der Waals surface area contributed by atoms with Gasteiger partial charge in [-0.05, 0) is 19.3 Å². The minimum atomic E-state index is -0.199. The summed E-state index contributed by atoms with van der Waals surface area (Å²) in [6.07, 6.45) is 26.9. The molecule has 1 nitrogen and oxygen atoms in total. The van der Waals surface area contributed by atoms with E-state index < -0.39 is 0 Å². The number of allylic oxidation sites excluding steroid dienone is 1. The van der Waals surface area contributed by atoms with Crippen LogP contribution in [0.2, 0.25) is 0 Å². The predicted molar refractivity (Wildman–Crippen MR) is 93.6 cm³/mol. The summed E-state index contributed by atoms with van der Waals surface area (Å²) in [7, 11) is 0. The van der Waals surface area contributed by atoms with E-state index in [2.05, 4.69) is 6.08 Å². The predicted octanol–water partition coefficient (Wildman–Crippen LogP) is 6.55. The lowest BCUT2D eigenvalue weighted by atomic mass is 10.0. The van der Waals surface area contributed by atoms with E-state index in [1.165, 1.54) is 96.3 Å². The van der Waals surface area contributed by atoms with Gasteiger partial charge in [-0.1, -0.05) is 102 Å². The fourth-order valence-corrected chi connectivity index (χ4v) is 3.26. The lowest BCUT2D eigenvalue weighted by molar-refractivity contribution is 0.207. The molecule has 124 valence electrons. The average Bonchev–Trinajstić information content (AvgIpc) is 2.48. The first-order valence-corrected chi connectivity index (χ1v) is 9.74. The van der Waals surface area contributed by atoms with Gasteiger partial charge in [-0.2, -0.15) is 0 Å². The molecule has 1 aliphatic carbocycles. The molecule has 0 aliphatic heterocycles. The maximum absolute atomic E-state index is 9.88. The van der Waals surface area contributed by atoms with Crippen molar-refractivity contribution in [2.75, 3.05) is 0 Å². The Bertz CT molecular complexity index is 234. The molecule has 0 spiro atoms. The number of hydrogen-bond acceptors (Lipinski definition) is 1. The van der Waals surface area contributed by atoms with Crippen LogP contribution in [0.5, 0.6) is 0 Å². The molecule has 0 saturated carbocycles. The third-order valence-electron chi connectivity index (χ3n) is 4.73. The Morgan fingerprint density at radius 2 is 0.905 bits per heavy atom. The molecule has 0 aromatic heterocycles. The van der Waals surface area contributed by atoms with Crippen LogP contribution >= 0.6 is 0 Å². The molecule has 1 heteroatoms. The van der Waals surface area contributed by atoms with Crippen LogP contribution in [0, 0.1) is 0 Å². The van der Waals surface area contributed by atoms with Gasteiger partial charge in [-0.3, -0.25) is 0 Å². The van der Waals surface area contributed by atoms with E-state index in [-0.39, 0.29) is 6.10 Å². The largest absolute Gasteiger partial charge is 0.389 e. The van der Waals surface area contributed by atoms with Crippen molar-refractivity contribution in [3.63, 3.8) is 0 Å². The van der Waals surface area contributed by atoms with E-state index in [9.17, 15) is 5.11 Å². The molecule has 1 N–H and O–H groups in total. The maximum Gasteiger partial charge on any atom is 0.0720 e. The second-order valence-corrected chi connectivity index (χ2v) is 6.88. The van der Waals surface area contributed by atoms with Gasteiger partial charge >= 0.3 is 0 Å². The van der Waals surface area contributed by atoms with Gasteiger partial charge in [0.05, 0.1) is 6.10 Å². The van der Waals surface area contributed by atoms with Gasteiger partial charge in [0.2, 0.25) is 0 Å². The van der Waals surface area contributed by atoms with Gasteiger partial charge < -0.3 is 5.11 Å². The Labute approximate surface area is 133 Å². The highest BCUT2D eigenvalue weighted by Crippen LogP contribution is 2.15. The van der Waals surface area contributed by atoms with Crippen LogP contribution in [-0.4, -0.2) is 11.2 Å². The number of hydrogen-bond donors (Lipinski definition) is 1.